The van der Waals surface area contributed by atoms with Crippen LogP contribution in [-0.2, 0) is 25.6 Å². The van der Waals surface area contributed by atoms with Gasteiger partial charge in [-0.25, -0.2) is 0 Å². The Hall–Kier alpha value is -4.57. The maximum Gasteiger partial charge on any atom is 0.305 e. The molecule has 4 rings (SSSR count). The molecule has 10 heteroatoms. The molecule has 0 bridgehead atoms. The normalized spacial score (nSPS) is 16.3. The van der Waals surface area contributed by atoms with Gasteiger partial charge in [0.1, 0.15) is 12.1 Å². The van der Waals surface area contributed by atoms with Gasteiger partial charge in [-0.05, 0) is 60.7 Å². The minimum absolute atomic E-state index is 0.104. The number of nitrogens with zero attached hydrogens (tertiary/aromatic N) is 1. The number of ketones is 1. The van der Waals surface area contributed by atoms with E-state index in [1.807, 2.05) is 60.7 Å². The second-order valence-electron chi connectivity index (χ2n) is 10.7. The first-order valence-electron chi connectivity index (χ1n) is 14.7. The highest BCUT2D eigenvalue weighted by Crippen LogP contribution is 2.19. The summed E-state index contributed by atoms with van der Waals surface area (Å²) < 4.78 is 0. The summed E-state index contributed by atoms with van der Waals surface area (Å²) in [5.41, 5.74) is 1.53. The summed E-state index contributed by atoms with van der Waals surface area (Å²) in [6.45, 7) is 2.46. The highest BCUT2D eigenvalue weighted by molar-refractivity contribution is 6.01. The number of carbonyl (C=O) groups is 5. The lowest BCUT2D eigenvalue weighted by molar-refractivity contribution is -0.146. The highest BCUT2D eigenvalue weighted by Gasteiger charge is 2.37. The zero-order valence-electron chi connectivity index (χ0n) is 24.3. The van der Waals surface area contributed by atoms with Crippen molar-refractivity contribution < 1.29 is 29.1 Å². The van der Waals surface area contributed by atoms with Crippen LogP contribution in [0.25, 0.3) is 10.8 Å². The molecular formula is C33H38N4O6. The lowest BCUT2D eigenvalue weighted by Gasteiger charge is -2.37. The van der Waals surface area contributed by atoms with Gasteiger partial charge in [0.05, 0.1) is 19.0 Å². The molecule has 3 aromatic rings. The van der Waals surface area contributed by atoms with E-state index >= 15 is 0 Å². The van der Waals surface area contributed by atoms with Crippen molar-refractivity contribution in [1.29, 1.82) is 0 Å². The number of amides is 3. The number of carbonyl (C=O) groups excluding carboxylic acids is 4. The summed E-state index contributed by atoms with van der Waals surface area (Å²) in [5.74, 6) is -3.03. The third kappa shape index (κ3) is 8.48. The predicted molar refractivity (Wildman–Crippen MR) is 162 cm³/mol. The molecule has 1 heterocycles. The van der Waals surface area contributed by atoms with Gasteiger partial charge in [-0.3, -0.25) is 24.0 Å². The third-order valence-corrected chi connectivity index (χ3v) is 7.67. The van der Waals surface area contributed by atoms with E-state index in [0.29, 0.717) is 37.9 Å². The first-order chi connectivity index (χ1) is 20.8. The number of carboxylic acids is 1. The van der Waals surface area contributed by atoms with Gasteiger partial charge < -0.3 is 26.0 Å². The zero-order chi connectivity index (χ0) is 30.8. The molecule has 3 aromatic carbocycles. The fourth-order valence-corrected chi connectivity index (χ4v) is 5.36. The van der Waals surface area contributed by atoms with Crippen molar-refractivity contribution in [2.75, 3.05) is 19.6 Å². The number of benzene rings is 3. The molecule has 43 heavy (non-hydrogen) atoms. The van der Waals surface area contributed by atoms with Gasteiger partial charge in [-0.1, -0.05) is 67.6 Å². The van der Waals surface area contributed by atoms with Crippen molar-refractivity contribution in [3.63, 3.8) is 0 Å². The van der Waals surface area contributed by atoms with Crippen molar-refractivity contribution >= 4 is 40.2 Å². The van der Waals surface area contributed by atoms with Crippen LogP contribution in [0.1, 0.15) is 48.5 Å². The Morgan fingerprint density at radius 3 is 2.42 bits per heavy atom. The lowest BCUT2D eigenvalue weighted by atomic mass is 9.99. The van der Waals surface area contributed by atoms with Gasteiger partial charge >= 0.3 is 5.97 Å². The first kappa shape index (κ1) is 31.4. The Balaban J connectivity index is 1.36. The van der Waals surface area contributed by atoms with E-state index in [9.17, 15) is 29.1 Å². The Bertz CT molecular complexity index is 1460. The standard InChI is InChI=1S/C33H38N4O6/c1-2-28(32(42)36-27(20-30(39)40)29(38)21-34-17-16-22-9-4-3-5-10-22)37-18-8-13-26(33(37)43)35-31(41)25-15-14-23-11-6-7-12-24(23)19-25/h3-7,9-12,14-15,19,26-28,34H,2,8,13,16-18,20-21H2,1H3,(H,35,41)(H,36,42)(H,39,40)/t26?,27-,28?/m0/s1. The molecule has 1 aliphatic heterocycles. The molecule has 3 amide bonds. The van der Waals surface area contributed by atoms with E-state index < -0.39 is 42.2 Å². The minimum atomic E-state index is -1.24. The van der Waals surface area contributed by atoms with Crippen LogP contribution in [0.5, 0.6) is 0 Å². The third-order valence-electron chi connectivity index (χ3n) is 7.67. The van der Waals surface area contributed by atoms with Crippen LogP contribution >= 0.6 is 0 Å². The number of rotatable bonds is 14. The molecule has 0 spiro atoms. The molecular weight excluding hydrogens is 548 g/mol. The van der Waals surface area contributed by atoms with Crippen molar-refractivity contribution in [2.45, 2.75) is 57.2 Å². The van der Waals surface area contributed by atoms with Crippen molar-refractivity contribution in [1.82, 2.24) is 20.9 Å². The number of carboxylic acid groups (broad SMARTS) is 1. The van der Waals surface area contributed by atoms with E-state index in [4.69, 9.17) is 0 Å². The largest absolute Gasteiger partial charge is 0.481 e. The number of fused-ring (bicyclic) bond motifs is 1. The van der Waals surface area contributed by atoms with Gasteiger partial charge in [-0.15, -0.1) is 0 Å². The van der Waals surface area contributed by atoms with E-state index in [2.05, 4.69) is 16.0 Å². The van der Waals surface area contributed by atoms with Crippen LogP contribution < -0.4 is 16.0 Å². The summed E-state index contributed by atoms with van der Waals surface area (Å²) in [6.07, 6.45) is 1.38. The summed E-state index contributed by atoms with van der Waals surface area (Å²) in [5, 5.41) is 19.7. The maximum absolute atomic E-state index is 13.5. The lowest BCUT2D eigenvalue weighted by Crippen LogP contribution is -2.60. The average Bonchev–Trinajstić information content (AvgIpc) is 3.01. The van der Waals surface area contributed by atoms with Crippen LogP contribution in [0.15, 0.2) is 72.8 Å². The quantitative estimate of drug-likeness (QED) is 0.213. The second-order valence-corrected chi connectivity index (χ2v) is 10.7. The van der Waals surface area contributed by atoms with E-state index in [0.717, 1.165) is 16.3 Å². The van der Waals surface area contributed by atoms with E-state index in [1.54, 1.807) is 19.1 Å². The molecule has 1 fully saturated rings. The number of Topliss-reactive ketones (excluding diaryl/α,β-unsaturated/α-hetero) is 1. The topological polar surface area (TPSA) is 145 Å². The summed E-state index contributed by atoms with van der Waals surface area (Å²) in [4.78, 5) is 65.7. The molecule has 0 saturated carbocycles. The SMILES string of the molecule is CCC(C(=O)N[C@@H](CC(=O)O)C(=O)CNCCc1ccccc1)N1CCCC(NC(=O)c2ccc3ccccc3c2)C1=O. The van der Waals surface area contributed by atoms with Crippen LogP contribution in [0.2, 0.25) is 0 Å². The maximum atomic E-state index is 13.5. The molecule has 226 valence electrons. The van der Waals surface area contributed by atoms with Gasteiger partial charge in [0.2, 0.25) is 11.8 Å². The fourth-order valence-electron chi connectivity index (χ4n) is 5.36. The molecule has 0 aromatic heterocycles. The number of nitrogens with one attached hydrogen (secondary N) is 3. The van der Waals surface area contributed by atoms with Crippen LogP contribution in [0, 0.1) is 0 Å². The smallest absolute Gasteiger partial charge is 0.305 e. The summed E-state index contributed by atoms with van der Waals surface area (Å²) >= 11 is 0. The zero-order valence-corrected chi connectivity index (χ0v) is 24.3. The first-order valence-corrected chi connectivity index (χ1v) is 14.7. The van der Waals surface area contributed by atoms with Crippen LogP contribution in [-0.4, -0.2) is 77.2 Å². The molecule has 1 saturated heterocycles. The molecule has 0 radical (unpaired) electrons. The minimum Gasteiger partial charge on any atom is -0.481 e. The number of piperidine rings is 1. The number of hydrogen-bond acceptors (Lipinski definition) is 6. The Labute approximate surface area is 250 Å². The predicted octanol–water partition coefficient (Wildman–Crippen LogP) is 2.70. The monoisotopic (exact) mass is 586 g/mol. The Kier molecular flexibility index (Phi) is 11.0. The fraction of sp³-hybridized carbons (Fsp3) is 0.364. The molecule has 4 N–H and O–H groups in total. The molecule has 10 nitrogen and oxygen atoms in total. The van der Waals surface area contributed by atoms with Crippen LogP contribution in [0.4, 0.5) is 0 Å². The highest BCUT2D eigenvalue weighted by atomic mass is 16.4. The number of aliphatic carboxylic acids is 1. The Morgan fingerprint density at radius 1 is 0.977 bits per heavy atom. The second kappa shape index (κ2) is 15.1. The molecule has 0 aliphatic carbocycles. The number of likely N-dealkylation sites (tertiary alicyclic amines) is 1. The number of hydrogen-bond donors (Lipinski definition) is 4. The molecule has 1 aliphatic rings. The van der Waals surface area contributed by atoms with Gasteiger partial charge in [0.25, 0.3) is 5.91 Å². The van der Waals surface area contributed by atoms with Gasteiger partial charge in [0, 0.05) is 12.1 Å². The average molecular weight is 587 g/mol. The molecule has 3 atom stereocenters. The Morgan fingerprint density at radius 2 is 1.70 bits per heavy atom. The molecule has 2 unspecified atom stereocenters. The van der Waals surface area contributed by atoms with Crippen molar-refractivity contribution in [3.05, 3.63) is 83.9 Å². The van der Waals surface area contributed by atoms with Gasteiger partial charge in [0.15, 0.2) is 5.78 Å². The van der Waals surface area contributed by atoms with E-state index in [1.165, 1.54) is 4.90 Å². The summed E-state index contributed by atoms with van der Waals surface area (Å²) in [7, 11) is 0. The van der Waals surface area contributed by atoms with Crippen molar-refractivity contribution in [3.8, 4) is 0 Å². The van der Waals surface area contributed by atoms with Crippen LogP contribution in [0.3, 0.4) is 0 Å². The summed E-state index contributed by atoms with van der Waals surface area (Å²) in [6, 6.07) is 19.8. The van der Waals surface area contributed by atoms with E-state index in [-0.39, 0.29) is 24.8 Å². The van der Waals surface area contributed by atoms with Gasteiger partial charge in [-0.2, -0.15) is 0 Å². The van der Waals surface area contributed by atoms with Crippen molar-refractivity contribution in [2.24, 2.45) is 0 Å².